The molecule has 0 radical (unpaired) electrons. The summed E-state index contributed by atoms with van der Waals surface area (Å²) >= 11 is 0. The molecule has 0 bridgehead atoms. The monoisotopic (exact) mass is 210 g/mol. The Morgan fingerprint density at radius 3 is 2.57 bits per heavy atom. The topological polar surface area (TPSA) is 49.7 Å². The van der Waals surface area contributed by atoms with E-state index in [4.69, 9.17) is 0 Å². The van der Waals surface area contributed by atoms with E-state index in [1.54, 1.807) is 12.1 Å². The molecule has 2 rings (SSSR count). The number of nitrogens with zero attached hydrogens (tertiary/aromatic N) is 2. The Kier molecular flexibility index (Phi) is 1.92. The van der Waals surface area contributed by atoms with E-state index in [1.165, 1.54) is 0 Å². The maximum Gasteiger partial charge on any atom is 0.172 e. The first-order chi connectivity index (χ1) is 6.59. The maximum absolute atomic E-state index is 11.8. The van der Waals surface area contributed by atoms with Gasteiger partial charge in [-0.15, -0.1) is 4.91 Å². The molecule has 5 heteroatoms. The van der Waals surface area contributed by atoms with Gasteiger partial charge in [0.15, 0.2) is 11.0 Å². The van der Waals surface area contributed by atoms with Crippen LogP contribution < -0.4 is 0 Å². The van der Waals surface area contributed by atoms with Gasteiger partial charge in [-0.25, -0.2) is 4.21 Å². The van der Waals surface area contributed by atoms with Crippen molar-refractivity contribution in [3.63, 3.8) is 0 Å². The van der Waals surface area contributed by atoms with Crippen LogP contribution in [-0.2, 0) is 16.5 Å². The van der Waals surface area contributed by atoms with Crippen molar-refractivity contribution in [2.75, 3.05) is 0 Å². The van der Waals surface area contributed by atoms with Crippen molar-refractivity contribution in [1.29, 1.82) is 0 Å². The minimum absolute atomic E-state index is 0.580. The van der Waals surface area contributed by atoms with Crippen LogP contribution in [0.1, 0.15) is 19.4 Å². The average Bonchev–Trinajstić information content (AvgIpc) is 2.36. The highest BCUT2D eigenvalue weighted by molar-refractivity contribution is 7.83. The Morgan fingerprint density at radius 2 is 2.00 bits per heavy atom. The van der Waals surface area contributed by atoms with Crippen LogP contribution >= 0.6 is 0 Å². The third-order valence-electron chi connectivity index (χ3n) is 2.44. The van der Waals surface area contributed by atoms with Crippen molar-refractivity contribution in [3.05, 3.63) is 34.7 Å². The largest absolute Gasteiger partial charge is 0.230 e. The molecule has 0 spiro atoms. The SMILES string of the molecule is CC1(C)c2ccccc2S(=O)N1N=O. The third kappa shape index (κ3) is 1.02. The number of rotatable bonds is 1. The Hall–Kier alpha value is -1.23. The van der Waals surface area contributed by atoms with E-state index >= 15 is 0 Å². The molecule has 0 saturated carbocycles. The molecule has 0 aliphatic carbocycles. The van der Waals surface area contributed by atoms with Crippen LogP contribution in [0.15, 0.2) is 34.4 Å². The van der Waals surface area contributed by atoms with Crippen molar-refractivity contribution >= 4 is 11.0 Å². The van der Waals surface area contributed by atoms with Gasteiger partial charge in [-0.3, -0.25) is 0 Å². The summed E-state index contributed by atoms with van der Waals surface area (Å²) in [6.07, 6.45) is 0. The number of fused-ring (bicyclic) bond motifs is 1. The standard InChI is InChI=1S/C9H10N2O2S/c1-9(2)7-5-3-4-6-8(7)14(13)11(9)10-12/h3-6H,1-2H3. The third-order valence-corrected chi connectivity index (χ3v) is 4.01. The fraction of sp³-hybridized carbons (Fsp3) is 0.333. The van der Waals surface area contributed by atoms with E-state index in [2.05, 4.69) is 5.29 Å². The van der Waals surface area contributed by atoms with Crippen LogP contribution in [0, 0.1) is 4.91 Å². The van der Waals surface area contributed by atoms with Crippen molar-refractivity contribution < 1.29 is 4.21 Å². The maximum atomic E-state index is 11.8. The molecule has 0 amide bonds. The first-order valence-electron chi connectivity index (χ1n) is 4.24. The predicted octanol–water partition coefficient (Wildman–Crippen LogP) is 1.94. The summed E-state index contributed by atoms with van der Waals surface area (Å²) in [7, 11) is -1.45. The Balaban J connectivity index is 2.67. The van der Waals surface area contributed by atoms with E-state index in [-0.39, 0.29) is 0 Å². The normalized spacial score (nSPS) is 23.3. The zero-order chi connectivity index (χ0) is 10.3. The second-order valence-electron chi connectivity index (χ2n) is 3.66. The van der Waals surface area contributed by atoms with Gasteiger partial charge >= 0.3 is 0 Å². The second kappa shape index (κ2) is 2.88. The lowest BCUT2D eigenvalue weighted by molar-refractivity contribution is 0.261. The number of hydrogen-bond donors (Lipinski definition) is 0. The van der Waals surface area contributed by atoms with Crippen LogP contribution in [0.2, 0.25) is 0 Å². The summed E-state index contributed by atoms with van der Waals surface area (Å²) in [5, 5.41) is 2.82. The summed E-state index contributed by atoms with van der Waals surface area (Å²) in [4.78, 5) is 11.3. The lowest BCUT2D eigenvalue weighted by atomic mass is 9.95. The fourth-order valence-corrected chi connectivity index (χ4v) is 3.12. The van der Waals surface area contributed by atoms with E-state index in [9.17, 15) is 9.12 Å². The van der Waals surface area contributed by atoms with Crippen molar-refractivity contribution in [2.45, 2.75) is 24.3 Å². The molecular formula is C9H10N2O2S. The van der Waals surface area contributed by atoms with Gasteiger partial charge in [-0.2, -0.15) is 4.41 Å². The highest BCUT2D eigenvalue weighted by Crippen LogP contribution is 2.41. The van der Waals surface area contributed by atoms with E-state index in [0.717, 1.165) is 9.98 Å². The molecule has 1 aliphatic heterocycles. The Labute approximate surface area is 84.5 Å². The molecule has 14 heavy (non-hydrogen) atoms. The molecule has 0 fully saturated rings. The van der Waals surface area contributed by atoms with Gasteiger partial charge < -0.3 is 0 Å². The second-order valence-corrected chi connectivity index (χ2v) is 4.94. The summed E-state index contributed by atoms with van der Waals surface area (Å²) in [5.74, 6) is 0. The zero-order valence-corrected chi connectivity index (χ0v) is 8.75. The summed E-state index contributed by atoms with van der Waals surface area (Å²) in [6.45, 7) is 3.66. The number of benzene rings is 1. The highest BCUT2D eigenvalue weighted by atomic mass is 32.2. The first kappa shape index (κ1) is 9.33. The van der Waals surface area contributed by atoms with Gasteiger partial charge in [-0.1, -0.05) is 18.2 Å². The fourth-order valence-electron chi connectivity index (χ4n) is 1.66. The van der Waals surface area contributed by atoms with Gasteiger partial charge in [0.2, 0.25) is 0 Å². The average molecular weight is 210 g/mol. The van der Waals surface area contributed by atoms with Crippen LogP contribution in [0.4, 0.5) is 0 Å². The van der Waals surface area contributed by atoms with E-state index in [0.29, 0.717) is 4.90 Å². The molecule has 1 atom stereocenters. The van der Waals surface area contributed by atoms with Crippen molar-refractivity contribution in [3.8, 4) is 0 Å². The van der Waals surface area contributed by atoms with Gasteiger partial charge in [0.25, 0.3) is 0 Å². The molecule has 0 N–H and O–H groups in total. The molecule has 4 nitrogen and oxygen atoms in total. The molecule has 1 heterocycles. The number of nitroso groups, excluding NO2 is 1. The Bertz CT molecular complexity index is 417. The molecule has 0 aromatic heterocycles. The van der Waals surface area contributed by atoms with Crippen LogP contribution in [0.3, 0.4) is 0 Å². The molecular weight excluding hydrogens is 200 g/mol. The van der Waals surface area contributed by atoms with Crippen LogP contribution in [0.5, 0.6) is 0 Å². The molecule has 0 saturated heterocycles. The molecule has 74 valence electrons. The van der Waals surface area contributed by atoms with E-state index < -0.39 is 16.5 Å². The lowest BCUT2D eigenvalue weighted by Gasteiger charge is -2.23. The first-order valence-corrected chi connectivity index (χ1v) is 5.34. The number of hydrogen-bond acceptors (Lipinski definition) is 3. The molecule has 1 aliphatic rings. The quantitative estimate of drug-likeness (QED) is 0.665. The summed E-state index contributed by atoms with van der Waals surface area (Å²) in [6, 6.07) is 7.31. The highest BCUT2D eigenvalue weighted by Gasteiger charge is 2.43. The molecule has 1 aromatic carbocycles. The zero-order valence-electron chi connectivity index (χ0n) is 7.93. The van der Waals surface area contributed by atoms with Crippen molar-refractivity contribution in [2.24, 2.45) is 5.29 Å². The molecule has 1 unspecified atom stereocenters. The Morgan fingerprint density at radius 1 is 1.36 bits per heavy atom. The predicted molar refractivity (Wildman–Crippen MR) is 53.5 cm³/mol. The van der Waals surface area contributed by atoms with Gasteiger partial charge in [0.1, 0.15) is 0 Å². The lowest BCUT2D eigenvalue weighted by Crippen LogP contribution is -2.31. The van der Waals surface area contributed by atoms with Gasteiger partial charge in [-0.05, 0) is 25.5 Å². The van der Waals surface area contributed by atoms with Crippen LogP contribution in [-0.4, -0.2) is 8.62 Å². The minimum Gasteiger partial charge on any atom is -0.230 e. The van der Waals surface area contributed by atoms with Crippen LogP contribution in [0.25, 0.3) is 0 Å². The van der Waals surface area contributed by atoms with Gasteiger partial charge in [0.05, 0.1) is 15.7 Å². The molecule has 1 aromatic rings. The van der Waals surface area contributed by atoms with E-state index in [1.807, 2.05) is 26.0 Å². The smallest absolute Gasteiger partial charge is 0.172 e. The van der Waals surface area contributed by atoms with Crippen molar-refractivity contribution in [1.82, 2.24) is 4.41 Å². The van der Waals surface area contributed by atoms with Gasteiger partial charge in [0, 0.05) is 0 Å². The summed E-state index contributed by atoms with van der Waals surface area (Å²) in [5.41, 5.74) is 0.321. The minimum atomic E-state index is -1.45. The summed E-state index contributed by atoms with van der Waals surface area (Å²) < 4.78 is 12.9.